The molecule has 0 radical (unpaired) electrons. The van der Waals surface area contributed by atoms with Crippen LogP contribution in [0.15, 0.2) is 12.2 Å². The molecule has 0 saturated heterocycles. The van der Waals surface area contributed by atoms with Crippen molar-refractivity contribution in [2.75, 3.05) is 6.54 Å². The molecule has 0 aliphatic rings. The zero-order valence-electron chi connectivity index (χ0n) is 8.77. The molecule has 0 aromatic rings. The highest BCUT2D eigenvalue weighted by atomic mass is 16.4. The Morgan fingerprint density at radius 2 is 2.13 bits per heavy atom. The van der Waals surface area contributed by atoms with E-state index in [4.69, 9.17) is 10.2 Å². The third kappa shape index (κ3) is 8.96. The number of allylic oxidation sites excluding steroid dienone is 1. The van der Waals surface area contributed by atoms with Crippen LogP contribution in [-0.2, 0) is 9.59 Å². The molecule has 15 heavy (non-hydrogen) atoms. The Hall–Kier alpha value is -1.36. The highest BCUT2D eigenvalue weighted by Gasteiger charge is 2.01. The van der Waals surface area contributed by atoms with Crippen molar-refractivity contribution in [3.8, 4) is 0 Å². The van der Waals surface area contributed by atoms with E-state index >= 15 is 0 Å². The maximum absolute atomic E-state index is 11.0. The maximum atomic E-state index is 11.0. The lowest BCUT2D eigenvalue weighted by molar-refractivity contribution is -0.137. The van der Waals surface area contributed by atoms with Gasteiger partial charge in [0, 0.05) is 6.42 Å². The van der Waals surface area contributed by atoms with Crippen LogP contribution in [0.3, 0.4) is 0 Å². The van der Waals surface area contributed by atoms with Crippen molar-refractivity contribution < 1.29 is 19.8 Å². The maximum Gasteiger partial charge on any atom is 0.322 e. The molecule has 1 atom stereocenters. The van der Waals surface area contributed by atoms with Gasteiger partial charge in [0.05, 0.1) is 6.10 Å². The number of carbonyl (C=O) groups is 2. The van der Waals surface area contributed by atoms with Crippen LogP contribution in [0.5, 0.6) is 0 Å². The van der Waals surface area contributed by atoms with Crippen LogP contribution >= 0.6 is 0 Å². The summed E-state index contributed by atoms with van der Waals surface area (Å²) in [5.41, 5.74) is 0. The molecule has 0 aromatic heterocycles. The molecule has 0 rings (SSSR count). The minimum atomic E-state index is -1.06. The Bertz CT molecular complexity index is 238. The Morgan fingerprint density at radius 1 is 1.47 bits per heavy atom. The van der Waals surface area contributed by atoms with Crippen molar-refractivity contribution >= 4 is 11.9 Å². The first-order valence-corrected chi connectivity index (χ1v) is 4.89. The van der Waals surface area contributed by atoms with Crippen LogP contribution < -0.4 is 5.32 Å². The van der Waals surface area contributed by atoms with Crippen LogP contribution in [0.2, 0.25) is 0 Å². The summed E-state index contributed by atoms with van der Waals surface area (Å²) in [6, 6.07) is 0. The third-order valence-electron chi connectivity index (χ3n) is 1.75. The van der Waals surface area contributed by atoms with Gasteiger partial charge >= 0.3 is 5.97 Å². The normalized spacial score (nSPS) is 12.7. The number of carboxylic acids is 1. The summed E-state index contributed by atoms with van der Waals surface area (Å²) in [4.78, 5) is 21.1. The summed E-state index contributed by atoms with van der Waals surface area (Å²) in [6.07, 6.45) is 4.26. The van der Waals surface area contributed by atoms with E-state index in [9.17, 15) is 9.59 Å². The number of aliphatic hydroxyl groups excluding tert-OH is 1. The fraction of sp³-hybridized carbons (Fsp3) is 0.600. The average Bonchev–Trinajstić information content (AvgIpc) is 2.21. The van der Waals surface area contributed by atoms with Gasteiger partial charge in [0.1, 0.15) is 6.54 Å². The first-order chi connectivity index (χ1) is 7.06. The van der Waals surface area contributed by atoms with Crippen molar-refractivity contribution in [3.63, 3.8) is 0 Å². The lowest BCUT2D eigenvalue weighted by Gasteiger charge is -2.00. The number of aliphatic hydroxyl groups is 1. The molecule has 0 aromatic carbocycles. The molecular formula is C10H17NO4. The van der Waals surface area contributed by atoms with Gasteiger partial charge in [0.25, 0.3) is 0 Å². The summed E-state index contributed by atoms with van der Waals surface area (Å²) in [6.45, 7) is 1.51. The van der Waals surface area contributed by atoms with Gasteiger partial charge in [-0.2, -0.15) is 0 Å². The lowest BCUT2D eigenvalue weighted by atomic mass is 10.2. The summed E-state index contributed by atoms with van der Waals surface area (Å²) in [5, 5.41) is 19.7. The van der Waals surface area contributed by atoms with E-state index in [2.05, 4.69) is 5.32 Å². The average molecular weight is 215 g/mol. The van der Waals surface area contributed by atoms with Gasteiger partial charge in [-0.05, 0) is 12.8 Å². The number of hydrogen-bond acceptors (Lipinski definition) is 3. The van der Waals surface area contributed by atoms with Crippen LogP contribution in [-0.4, -0.2) is 34.7 Å². The number of aliphatic carboxylic acids is 1. The number of carboxylic acid groups (broad SMARTS) is 1. The highest BCUT2D eigenvalue weighted by molar-refractivity contribution is 5.81. The highest BCUT2D eigenvalue weighted by Crippen LogP contribution is 1.96. The zero-order valence-corrected chi connectivity index (χ0v) is 8.77. The second-order valence-corrected chi connectivity index (χ2v) is 3.11. The Morgan fingerprint density at radius 3 is 2.67 bits per heavy atom. The van der Waals surface area contributed by atoms with Gasteiger partial charge < -0.3 is 15.5 Å². The largest absolute Gasteiger partial charge is 0.480 e. The predicted molar refractivity (Wildman–Crippen MR) is 55.3 cm³/mol. The minimum Gasteiger partial charge on any atom is -0.480 e. The standard InChI is InChI=1S/C10H17NO4/c1-2-8(12)5-3-4-6-9(13)11-7-10(14)15/h3,5,8,12H,2,4,6-7H2,1H3,(H,11,13)(H,14,15)/b5-3+. The molecule has 0 aliphatic carbocycles. The fourth-order valence-electron chi connectivity index (χ4n) is 0.866. The van der Waals surface area contributed by atoms with Gasteiger partial charge in [-0.25, -0.2) is 0 Å². The number of carbonyl (C=O) groups excluding carboxylic acids is 1. The summed E-state index contributed by atoms with van der Waals surface area (Å²) < 4.78 is 0. The summed E-state index contributed by atoms with van der Waals surface area (Å²) in [7, 11) is 0. The molecule has 0 bridgehead atoms. The zero-order chi connectivity index (χ0) is 11.7. The minimum absolute atomic E-state index is 0.236. The summed E-state index contributed by atoms with van der Waals surface area (Å²) in [5.74, 6) is -1.35. The van der Waals surface area contributed by atoms with E-state index in [-0.39, 0.29) is 18.9 Å². The summed E-state index contributed by atoms with van der Waals surface area (Å²) >= 11 is 0. The number of rotatable bonds is 7. The molecule has 5 heteroatoms. The molecule has 5 nitrogen and oxygen atoms in total. The molecule has 1 unspecified atom stereocenters. The topological polar surface area (TPSA) is 86.6 Å². The second-order valence-electron chi connectivity index (χ2n) is 3.11. The number of amides is 1. The van der Waals surface area contributed by atoms with Gasteiger partial charge in [-0.15, -0.1) is 0 Å². The van der Waals surface area contributed by atoms with Gasteiger partial charge in [0.15, 0.2) is 0 Å². The fourth-order valence-corrected chi connectivity index (χ4v) is 0.866. The first-order valence-electron chi connectivity index (χ1n) is 4.89. The van der Waals surface area contributed by atoms with E-state index in [0.29, 0.717) is 12.8 Å². The lowest BCUT2D eigenvalue weighted by Crippen LogP contribution is -2.28. The third-order valence-corrected chi connectivity index (χ3v) is 1.75. The van der Waals surface area contributed by atoms with Crippen LogP contribution in [0, 0.1) is 0 Å². The molecule has 0 aliphatic heterocycles. The molecule has 86 valence electrons. The van der Waals surface area contributed by atoms with E-state index in [1.807, 2.05) is 6.92 Å². The van der Waals surface area contributed by atoms with E-state index in [1.54, 1.807) is 12.2 Å². The first kappa shape index (κ1) is 13.6. The van der Waals surface area contributed by atoms with Crippen LogP contribution in [0.25, 0.3) is 0 Å². The molecule has 0 spiro atoms. The molecular weight excluding hydrogens is 198 g/mol. The number of hydrogen-bond donors (Lipinski definition) is 3. The monoisotopic (exact) mass is 215 g/mol. The van der Waals surface area contributed by atoms with Gasteiger partial charge in [0.2, 0.25) is 5.91 Å². The van der Waals surface area contributed by atoms with E-state index < -0.39 is 12.1 Å². The van der Waals surface area contributed by atoms with Crippen molar-refractivity contribution in [2.24, 2.45) is 0 Å². The Labute approximate surface area is 88.8 Å². The van der Waals surface area contributed by atoms with E-state index in [1.165, 1.54) is 0 Å². The Balaban J connectivity index is 3.54. The van der Waals surface area contributed by atoms with Crippen molar-refractivity contribution in [3.05, 3.63) is 12.2 Å². The number of nitrogens with one attached hydrogen (secondary N) is 1. The molecule has 0 heterocycles. The molecule has 1 amide bonds. The second kappa shape index (κ2) is 7.99. The SMILES string of the molecule is CCC(O)/C=C/CCC(=O)NCC(=O)O. The van der Waals surface area contributed by atoms with Crippen LogP contribution in [0.1, 0.15) is 26.2 Å². The molecule has 0 saturated carbocycles. The van der Waals surface area contributed by atoms with Crippen molar-refractivity contribution in [1.29, 1.82) is 0 Å². The quantitative estimate of drug-likeness (QED) is 0.533. The van der Waals surface area contributed by atoms with Crippen molar-refractivity contribution in [2.45, 2.75) is 32.3 Å². The van der Waals surface area contributed by atoms with Gasteiger partial charge in [-0.1, -0.05) is 19.1 Å². The molecule has 3 N–H and O–H groups in total. The van der Waals surface area contributed by atoms with Crippen LogP contribution in [0.4, 0.5) is 0 Å². The van der Waals surface area contributed by atoms with E-state index in [0.717, 1.165) is 0 Å². The van der Waals surface area contributed by atoms with Crippen molar-refractivity contribution in [1.82, 2.24) is 5.32 Å². The predicted octanol–water partition coefficient (Wildman–Crippen LogP) is 0.294. The smallest absolute Gasteiger partial charge is 0.322 e. The Kier molecular flexibility index (Phi) is 7.27. The molecule has 0 fully saturated rings. The van der Waals surface area contributed by atoms with Gasteiger partial charge in [-0.3, -0.25) is 9.59 Å².